The number of rotatable bonds is 6. The molecule has 0 heterocycles. The number of nitrogens with zero attached hydrogens (tertiary/aromatic N) is 1. The summed E-state index contributed by atoms with van der Waals surface area (Å²) in [7, 11) is 1.66. The second-order valence-electron chi connectivity index (χ2n) is 6.27. The van der Waals surface area contributed by atoms with Crippen molar-refractivity contribution in [2.24, 2.45) is 0 Å². The molecule has 1 unspecified atom stereocenters. The van der Waals surface area contributed by atoms with Crippen LogP contribution in [0, 0.1) is 13.8 Å². The number of hydrogen-bond acceptors (Lipinski definition) is 3. The molecule has 0 aliphatic carbocycles. The summed E-state index contributed by atoms with van der Waals surface area (Å²) in [6, 6.07) is 13.7. The molecule has 1 atom stereocenters. The van der Waals surface area contributed by atoms with Crippen molar-refractivity contribution >= 4 is 45.2 Å². The minimum Gasteiger partial charge on any atom is -0.335 e. The Morgan fingerprint density at radius 2 is 1.81 bits per heavy atom. The van der Waals surface area contributed by atoms with Crippen LogP contribution < -0.4 is 5.32 Å². The van der Waals surface area contributed by atoms with Gasteiger partial charge in [0.2, 0.25) is 11.8 Å². The fourth-order valence-electron chi connectivity index (χ4n) is 2.43. The average Bonchev–Trinajstić information content (AvgIpc) is 2.58. The number of thioether (sulfide) groups is 1. The lowest BCUT2D eigenvalue weighted by Crippen LogP contribution is -2.39. The predicted molar refractivity (Wildman–Crippen MR) is 112 cm³/mol. The first-order valence-electron chi connectivity index (χ1n) is 8.30. The number of carbonyl (C=O) groups is 2. The van der Waals surface area contributed by atoms with Gasteiger partial charge in [-0.15, -0.1) is 11.8 Å². The van der Waals surface area contributed by atoms with Crippen molar-refractivity contribution in [3.05, 3.63) is 58.1 Å². The van der Waals surface area contributed by atoms with Crippen molar-refractivity contribution < 1.29 is 9.59 Å². The summed E-state index contributed by atoms with van der Waals surface area (Å²) in [5.74, 6) is -0.280. The normalized spacial score (nSPS) is 11.7. The van der Waals surface area contributed by atoms with Gasteiger partial charge >= 0.3 is 0 Å². The zero-order valence-electron chi connectivity index (χ0n) is 15.4. The molecule has 0 aliphatic heterocycles. The Morgan fingerprint density at radius 1 is 1.15 bits per heavy atom. The fraction of sp³-hybridized carbons (Fsp3) is 0.300. The van der Waals surface area contributed by atoms with Gasteiger partial charge in [-0.2, -0.15) is 0 Å². The van der Waals surface area contributed by atoms with E-state index in [0.717, 1.165) is 20.6 Å². The average molecular weight is 435 g/mol. The molecule has 1 N–H and O–H groups in total. The highest BCUT2D eigenvalue weighted by atomic mass is 79.9. The van der Waals surface area contributed by atoms with Gasteiger partial charge < -0.3 is 10.2 Å². The Bertz CT molecular complexity index is 793. The van der Waals surface area contributed by atoms with E-state index in [4.69, 9.17) is 0 Å². The van der Waals surface area contributed by atoms with E-state index in [1.807, 2.05) is 63.2 Å². The summed E-state index contributed by atoms with van der Waals surface area (Å²) in [4.78, 5) is 27.3. The Balaban J connectivity index is 1.90. The van der Waals surface area contributed by atoms with Gasteiger partial charge in [-0.3, -0.25) is 9.59 Å². The molecular weight excluding hydrogens is 412 g/mol. The lowest BCUT2D eigenvalue weighted by molar-refractivity contribution is -0.132. The molecule has 0 spiro atoms. The van der Waals surface area contributed by atoms with Crippen LogP contribution in [0.1, 0.15) is 18.1 Å². The van der Waals surface area contributed by atoms with Crippen LogP contribution in [0.2, 0.25) is 0 Å². The molecule has 4 nitrogen and oxygen atoms in total. The smallest absolute Gasteiger partial charge is 0.243 e. The number of likely N-dealkylation sites (N-methyl/N-ethyl adjacent to an activating group) is 1. The van der Waals surface area contributed by atoms with Crippen LogP contribution in [0.3, 0.4) is 0 Å². The standard InChI is InChI=1S/C20H23BrN2O2S/c1-13-5-8-17(9-6-13)26-15(3)20(25)23(4)12-19(24)22-18-10-7-16(21)11-14(18)2/h5-11,15H,12H2,1-4H3,(H,22,24). The molecule has 138 valence electrons. The van der Waals surface area contributed by atoms with E-state index in [-0.39, 0.29) is 23.6 Å². The van der Waals surface area contributed by atoms with Gasteiger partial charge in [0.15, 0.2) is 0 Å². The van der Waals surface area contributed by atoms with Gasteiger partial charge in [0.1, 0.15) is 0 Å². The molecular formula is C20H23BrN2O2S. The molecule has 2 aromatic rings. The highest BCUT2D eigenvalue weighted by Gasteiger charge is 2.20. The molecule has 0 aromatic heterocycles. The summed E-state index contributed by atoms with van der Waals surface area (Å²) in [5, 5.41) is 2.60. The van der Waals surface area contributed by atoms with E-state index >= 15 is 0 Å². The molecule has 0 saturated carbocycles. The van der Waals surface area contributed by atoms with Crippen LogP contribution in [0.4, 0.5) is 5.69 Å². The Morgan fingerprint density at radius 3 is 2.42 bits per heavy atom. The van der Waals surface area contributed by atoms with Crippen molar-refractivity contribution in [3.63, 3.8) is 0 Å². The predicted octanol–water partition coefficient (Wildman–Crippen LogP) is 4.64. The molecule has 2 amide bonds. The van der Waals surface area contributed by atoms with Crippen LogP contribution in [0.5, 0.6) is 0 Å². The van der Waals surface area contributed by atoms with Crippen LogP contribution in [0.15, 0.2) is 51.8 Å². The summed E-state index contributed by atoms with van der Waals surface area (Å²) < 4.78 is 0.960. The van der Waals surface area contributed by atoms with E-state index in [9.17, 15) is 9.59 Å². The van der Waals surface area contributed by atoms with Crippen molar-refractivity contribution in [3.8, 4) is 0 Å². The summed E-state index contributed by atoms with van der Waals surface area (Å²) >= 11 is 4.90. The number of nitrogens with one attached hydrogen (secondary N) is 1. The first-order valence-corrected chi connectivity index (χ1v) is 9.98. The van der Waals surface area contributed by atoms with Crippen molar-refractivity contribution in [1.29, 1.82) is 0 Å². The summed E-state index contributed by atoms with van der Waals surface area (Å²) in [6.45, 7) is 5.84. The molecule has 0 saturated heterocycles. The van der Waals surface area contributed by atoms with Crippen LogP contribution in [-0.2, 0) is 9.59 Å². The van der Waals surface area contributed by atoms with E-state index in [1.54, 1.807) is 7.05 Å². The zero-order chi connectivity index (χ0) is 19.3. The van der Waals surface area contributed by atoms with Gasteiger partial charge in [0, 0.05) is 22.1 Å². The number of amides is 2. The van der Waals surface area contributed by atoms with Crippen LogP contribution in [-0.4, -0.2) is 35.6 Å². The van der Waals surface area contributed by atoms with E-state index < -0.39 is 0 Å². The third-order valence-electron chi connectivity index (χ3n) is 3.90. The number of hydrogen-bond donors (Lipinski definition) is 1. The van der Waals surface area contributed by atoms with Gasteiger partial charge in [-0.1, -0.05) is 33.6 Å². The van der Waals surface area contributed by atoms with Gasteiger partial charge in [0.05, 0.1) is 11.8 Å². The first kappa shape index (κ1) is 20.5. The summed E-state index contributed by atoms with van der Waals surface area (Å²) in [5.41, 5.74) is 2.90. The molecule has 0 radical (unpaired) electrons. The second kappa shape index (κ2) is 9.24. The molecule has 6 heteroatoms. The minimum absolute atomic E-state index is 0.0210. The molecule has 2 aromatic carbocycles. The number of aryl methyl sites for hydroxylation is 2. The van der Waals surface area contributed by atoms with Crippen molar-refractivity contribution in [2.45, 2.75) is 30.9 Å². The number of carbonyl (C=O) groups excluding carboxylic acids is 2. The monoisotopic (exact) mass is 434 g/mol. The quantitative estimate of drug-likeness (QED) is 0.673. The molecule has 0 aliphatic rings. The van der Waals surface area contributed by atoms with E-state index in [1.165, 1.54) is 22.2 Å². The minimum atomic E-state index is -0.259. The maximum absolute atomic E-state index is 12.5. The number of anilines is 1. The van der Waals surface area contributed by atoms with Crippen LogP contribution >= 0.6 is 27.7 Å². The Hall–Kier alpha value is -1.79. The third-order valence-corrected chi connectivity index (χ3v) is 5.49. The fourth-order valence-corrected chi connectivity index (χ4v) is 3.89. The van der Waals surface area contributed by atoms with Gasteiger partial charge in [-0.05, 0) is 56.7 Å². The second-order valence-corrected chi connectivity index (χ2v) is 8.60. The molecule has 2 rings (SSSR count). The molecule has 0 bridgehead atoms. The SMILES string of the molecule is Cc1ccc(SC(C)C(=O)N(C)CC(=O)Nc2ccc(Br)cc2C)cc1. The Labute approximate surface area is 167 Å². The highest BCUT2D eigenvalue weighted by molar-refractivity contribution is 9.10. The van der Waals surface area contributed by atoms with E-state index in [0.29, 0.717) is 0 Å². The van der Waals surface area contributed by atoms with E-state index in [2.05, 4.69) is 21.2 Å². The third kappa shape index (κ3) is 5.88. The Kier molecular flexibility index (Phi) is 7.29. The molecule has 0 fully saturated rings. The summed E-state index contributed by atoms with van der Waals surface area (Å²) in [6.07, 6.45) is 0. The van der Waals surface area contributed by atoms with Crippen LogP contribution in [0.25, 0.3) is 0 Å². The lowest BCUT2D eigenvalue weighted by atomic mass is 10.2. The van der Waals surface area contributed by atoms with Crippen molar-refractivity contribution in [2.75, 3.05) is 18.9 Å². The topological polar surface area (TPSA) is 49.4 Å². The number of benzene rings is 2. The van der Waals surface area contributed by atoms with Crippen molar-refractivity contribution in [1.82, 2.24) is 4.90 Å². The lowest BCUT2D eigenvalue weighted by Gasteiger charge is -2.21. The number of halogens is 1. The van der Waals surface area contributed by atoms with Gasteiger partial charge in [-0.25, -0.2) is 0 Å². The maximum Gasteiger partial charge on any atom is 0.243 e. The largest absolute Gasteiger partial charge is 0.335 e. The molecule has 26 heavy (non-hydrogen) atoms. The first-order chi connectivity index (χ1) is 12.3. The van der Waals surface area contributed by atoms with Gasteiger partial charge in [0.25, 0.3) is 0 Å². The zero-order valence-corrected chi connectivity index (χ0v) is 17.8. The maximum atomic E-state index is 12.5. The highest BCUT2D eigenvalue weighted by Crippen LogP contribution is 2.24.